The smallest absolute Gasteiger partial charge is 0.331 e. The van der Waals surface area contributed by atoms with Crippen molar-refractivity contribution in [3.8, 4) is 0 Å². The monoisotopic (exact) mass is 393 g/mol. The second-order valence-electron chi connectivity index (χ2n) is 4.88. The van der Waals surface area contributed by atoms with Crippen molar-refractivity contribution in [3.63, 3.8) is 0 Å². The van der Waals surface area contributed by atoms with Gasteiger partial charge in [0, 0.05) is 16.6 Å². The molecule has 1 N–H and O–H groups in total. The molecule has 1 aromatic heterocycles. The van der Waals surface area contributed by atoms with Gasteiger partial charge in [-0.3, -0.25) is 4.79 Å². The van der Waals surface area contributed by atoms with Crippen LogP contribution in [0.3, 0.4) is 0 Å². The summed E-state index contributed by atoms with van der Waals surface area (Å²) in [6.07, 6.45) is 2.96. The number of carbonyl (C=O) groups is 2. The van der Waals surface area contributed by atoms with Gasteiger partial charge in [-0.15, -0.1) is 11.3 Å². The van der Waals surface area contributed by atoms with E-state index in [4.69, 9.17) is 4.74 Å². The lowest BCUT2D eigenvalue weighted by atomic mass is 10.1. The fourth-order valence-electron chi connectivity index (χ4n) is 1.83. The van der Waals surface area contributed by atoms with Crippen LogP contribution in [-0.4, -0.2) is 18.5 Å². The summed E-state index contributed by atoms with van der Waals surface area (Å²) in [5.74, 6) is -0.912. The van der Waals surface area contributed by atoms with E-state index in [1.165, 1.54) is 17.4 Å². The molecule has 0 saturated heterocycles. The summed E-state index contributed by atoms with van der Waals surface area (Å²) >= 11 is 4.85. The quantitative estimate of drug-likeness (QED) is 0.607. The number of aryl methyl sites for hydroxylation is 1. The third kappa shape index (κ3) is 5.33. The van der Waals surface area contributed by atoms with Crippen molar-refractivity contribution >= 4 is 50.9 Å². The standard InChI is InChI=1S/C17H16BrNO3S/c1-11-4-3-5-14(12(11)2)19-16(20)10-22-17(21)9-7-13-6-8-15(18)23-13/h3-9H,10H2,1-2H3,(H,19,20)/b9-7+. The van der Waals surface area contributed by atoms with Crippen LogP contribution < -0.4 is 5.32 Å². The Morgan fingerprint density at radius 1 is 1.26 bits per heavy atom. The highest BCUT2D eigenvalue weighted by atomic mass is 79.9. The summed E-state index contributed by atoms with van der Waals surface area (Å²) in [4.78, 5) is 24.4. The van der Waals surface area contributed by atoms with Crippen LogP contribution in [0.15, 0.2) is 40.2 Å². The summed E-state index contributed by atoms with van der Waals surface area (Å²) in [5.41, 5.74) is 2.81. The van der Waals surface area contributed by atoms with E-state index in [1.54, 1.807) is 6.08 Å². The summed E-state index contributed by atoms with van der Waals surface area (Å²) in [6, 6.07) is 9.43. The van der Waals surface area contributed by atoms with Gasteiger partial charge in [0.2, 0.25) is 0 Å². The second-order valence-corrected chi connectivity index (χ2v) is 7.37. The highest BCUT2D eigenvalue weighted by Gasteiger charge is 2.08. The number of anilines is 1. The molecule has 0 aliphatic rings. The van der Waals surface area contributed by atoms with Gasteiger partial charge in [0.1, 0.15) is 0 Å². The van der Waals surface area contributed by atoms with Gasteiger partial charge in [-0.05, 0) is 65.2 Å². The number of hydrogen-bond donors (Lipinski definition) is 1. The molecule has 0 fully saturated rings. The number of nitrogens with one attached hydrogen (secondary N) is 1. The number of hydrogen-bond acceptors (Lipinski definition) is 4. The fourth-order valence-corrected chi connectivity index (χ4v) is 3.15. The van der Waals surface area contributed by atoms with Crippen molar-refractivity contribution in [3.05, 3.63) is 56.2 Å². The first-order chi connectivity index (χ1) is 11.0. The molecular weight excluding hydrogens is 378 g/mol. The first-order valence-electron chi connectivity index (χ1n) is 6.92. The van der Waals surface area contributed by atoms with E-state index in [0.29, 0.717) is 0 Å². The molecule has 0 spiro atoms. The van der Waals surface area contributed by atoms with Crippen molar-refractivity contribution in [2.24, 2.45) is 0 Å². The van der Waals surface area contributed by atoms with Crippen molar-refractivity contribution in [1.82, 2.24) is 0 Å². The second kappa shape index (κ2) is 8.08. The van der Waals surface area contributed by atoms with Gasteiger partial charge in [-0.2, -0.15) is 0 Å². The van der Waals surface area contributed by atoms with E-state index < -0.39 is 5.97 Å². The van der Waals surface area contributed by atoms with E-state index in [0.717, 1.165) is 25.5 Å². The highest BCUT2D eigenvalue weighted by molar-refractivity contribution is 9.11. The Morgan fingerprint density at radius 2 is 2.04 bits per heavy atom. The van der Waals surface area contributed by atoms with Gasteiger partial charge < -0.3 is 10.1 Å². The average Bonchev–Trinajstić information content (AvgIpc) is 2.93. The molecule has 6 heteroatoms. The van der Waals surface area contributed by atoms with Crippen LogP contribution in [0.25, 0.3) is 6.08 Å². The van der Waals surface area contributed by atoms with Crippen LogP contribution in [0, 0.1) is 13.8 Å². The molecule has 0 unspecified atom stereocenters. The van der Waals surface area contributed by atoms with Crippen LogP contribution in [-0.2, 0) is 14.3 Å². The van der Waals surface area contributed by atoms with Gasteiger partial charge in [0.15, 0.2) is 6.61 Å². The maximum absolute atomic E-state index is 11.8. The Labute approximate surface area is 147 Å². The molecule has 120 valence electrons. The van der Waals surface area contributed by atoms with Crippen molar-refractivity contribution < 1.29 is 14.3 Å². The number of esters is 1. The summed E-state index contributed by atoms with van der Waals surface area (Å²) in [5, 5.41) is 2.74. The maximum Gasteiger partial charge on any atom is 0.331 e. The third-order valence-corrected chi connectivity index (χ3v) is 4.79. The molecule has 0 radical (unpaired) electrons. The molecule has 1 amide bonds. The van der Waals surface area contributed by atoms with Gasteiger partial charge >= 0.3 is 5.97 Å². The van der Waals surface area contributed by atoms with E-state index in [1.807, 2.05) is 44.2 Å². The van der Waals surface area contributed by atoms with Crippen molar-refractivity contribution in [1.29, 1.82) is 0 Å². The lowest BCUT2D eigenvalue weighted by Gasteiger charge is -2.10. The number of amides is 1. The lowest BCUT2D eigenvalue weighted by molar-refractivity contribution is -0.142. The van der Waals surface area contributed by atoms with Gasteiger partial charge in [-0.1, -0.05) is 12.1 Å². The molecule has 0 aliphatic carbocycles. The van der Waals surface area contributed by atoms with Gasteiger partial charge in [0.05, 0.1) is 3.79 Å². The highest BCUT2D eigenvalue weighted by Crippen LogP contribution is 2.23. The normalized spacial score (nSPS) is 10.7. The number of benzene rings is 1. The molecule has 0 saturated carbocycles. The van der Waals surface area contributed by atoms with Crippen LogP contribution in [0.2, 0.25) is 0 Å². The fraction of sp³-hybridized carbons (Fsp3) is 0.176. The zero-order valence-electron chi connectivity index (χ0n) is 12.8. The summed E-state index contributed by atoms with van der Waals surface area (Å²) in [6.45, 7) is 3.59. The first-order valence-corrected chi connectivity index (χ1v) is 8.53. The van der Waals surface area contributed by atoms with Crippen LogP contribution in [0.1, 0.15) is 16.0 Å². The number of carbonyl (C=O) groups excluding carboxylic acids is 2. The molecule has 23 heavy (non-hydrogen) atoms. The van der Waals surface area contributed by atoms with E-state index in [-0.39, 0.29) is 12.5 Å². The Kier molecular flexibility index (Phi) is 6.12. The molecule has 0 atom stereocenters. The predicted molar refractivity (Wildman–Crippen MR) is 96.6 cm³/mol. The lowest BCUT2D eigenvalue weighted by Crippen LogP contribution is -2.20. The molecule has 2 rings (SSSR count). The number of halogens is 1. The van der Waals surface area contributed by atoms with Crippen molar-refractivity contribution in [2.75, 3.05) is 11.9 Å². The molecule has 0 aliphatic heterocycles. The molecule has 1 aromatic carbocycles. The Balaban J connectivity index is 1.83. The summed E-state index contributed by atoms with van der Waals surface area (Å²) < 4.78 is 5.91. The zero-order valence-corrected chi connectivity index (χ0v) is 15.2. The van der Waals surface area contributed by atoms with E-state index in [2.05, 4.69) is 21.2 Å². The summed E-state index contributed by atoms with van der Waals surface area (Å²) in [7, 11) is 0. The molecular formula is C17H16BrNO3S. The first kappa shape index (κ1) is 17.4. The van der Waals surface area contributed by atoms with E-state index in [9.17, 15) is 9.59 Å². The number of ether oxygens (including phenoxy) is 1. The molecule has 1 heterocycles. The predicted octanol–water partition coefficient (Wildman–Crippen LogP) is 4.32. The number of rotatable bonds is 5. The van der Waals surface area contributed by atoms with Crippen molar-refractivity contribution in [2.45, 2.75) is 13.8 Å². The Morgan fingerprint density at radius 3 is 2.74 bits per heavy atom. The minimum Gasteiger partial charge on any atom is -0.452 e. The topological polar surface area (TPSA) is 55.4 Å². The van der Waals surface area contributed by atoms with E-state index >= 15 is 0 Å². The van der Waals surface area contributed by atoms with Crippen LogP contribution in [0.5, 0.6) is 0 Å². The number of thiophene rings is 1. The van der Waals surface area contributed by atoms with Crippen LogP contribution >= 0.6 is 27.3 Å². The molecule has 0 bridgehead atoms. The Hall–Kier alpha value is -1.92. The largest absolute Gasteiger partial charge is 0.452 e. The average molecular weight is 394 g/mol. The van der Waals surface area contributed by atoms with Gasteiger partial charge in [-0.25, -0.2) is 4.79 Å². The zero-order chi connectivity index (χ0) is 16.8. The SMILES string of the molecule is Cc1cccc(NC(=O)COC(=O)/C=C/c2ccc(Br)s2)c1C. The Bertz CT molecular complexity index is 752. The molecule has 4 nitrogen and oxygen atoms in total. The third-order valence-electron chi connectivity index (χ3n) is 3.20. The molecule has 2 aromatic rings. The van der Waals surface area contributed by atoms with Crippen LogP contribution in [0.4, 0.5) is 5.69 Å². The van der Waals surface area contributed by atoms with Gasteiger partial charge in [0.25, 0.3) is 5.91 Å². The minimum atomic E-state index is -0.550. The maximum atomic E-state index is 11.8. The minimum absolute atomic E-state index is 0.315.